The molecular weight excluding hydrogens is 267 g/mol. The van der Waals surface area contributed by atoms with E-state index in [-0.39, 0.29) is 17.6 Å². The largest absolute Gasteiger partial charge is 0.385 e. The molecule has 2 N–H and O–H groups in total. The summed E-state index contributed by atoms with van der Waals surface area (Å²) in [6, 6.07) is 12.5. The molecule has 0 aromatic heterocycles. The van der Waals surface area contributed by atoms with E-state index in [1.165, 1.54) is 6.07 Å². The van der Waals surface area contributed by atoms with Crippen molar-refractivity contribution in [2.45, 2.75) is 19.3 Å². The average molecular weight is 284 g/mol. The quantitative estimate of drug-likeness (QED) is 0.883. The number of nitrogens with one attached hydrogen (secondary N) is 2. The molecule has 3 rings (SSSR count). The molecule has 3 nitrogen and oxygen atoms in total. The highest BCUT2D eigenvalue weighted by Crippen LogP contribution is 2.32. The minimum absolute atomic E-state index is 0.0463. The van der Waals surface area contributed by atoms with Gasteiger partial charge in [0, 0.05) is 17.9 Å². The topological polar surface area (TPSA) is 41.1 Å². The van der Waals surface area contributed by atoms with Crippen LogP contribution in [0.25, 0.3) is 0 Å². The average Bonchev–Trinajstić information content (AvgIpc) is 2.50. The van der Waals surface area contributed by atoms with E-state index < -0.39 is 0 Å². The fraction of sp³-hybridized carbons (Fsp3) is 0.235. The van der Waals surface area contributed by atoms with Gasteiger partial charge in [-0.05, 0) is 48.7 Å². The van der Waals surface area contributed by atoms with Crippen LogP contribution in [0.5, 0.6) is 0 Å². The zero-order valence-electron chi connectivity index (χ0n) is 11.8. The minimum atomic E-state index is -0.264. The molecule has 0 fully saturated rings. The van der Waals surface area contributed by atoms with Gasteiger partial charge in [0.2, 0.25) is 5.91 Å². The number of hydrogen-bond acceptors (Lipinski definition) is 2. The Hall–Kier alpha value is -2.36. The number of rotatable bonds is 2. The standard InChI is InChI=1S/C17H17FN2O/c1-11-10-12(6-7-15(11)18)20-17(21)14-8-9-19-16-5-3-2-4-13(14)16/h2-7,10,14,19H,8-9H2,1H3,(H,20,21). The van der Waals surface area contributed by atoms with Gasteiger partial charge in [0.1, 0.15) is 5.82 Å². The molecular formula is C17H17FN2O. The summed E-state index contributed by atoms with van der Waals surface area (Å²) < 4.78 is 13.3. The van der Waals surface area contributed by atoms with Crippen LogP contribution < -0.4 is 10.6 Å². The number of carbonyl (C=O) groups is 1. The number of aryl methyl sites for hydroxylation is 1. The van der Waals surface area contributed by atoms with Crippen molar-refractivity contribution in [2.75, 3.05) is 17.2 Å². The summed E-state index contributed by atoms with van der Waals surface area (Å²) in [5, 5.41) is 6.19. The molecule has 1 aliphatic heterocycles. The van der Waals surface area contributed by atoms with E-state index in [0.29, 0.717) is 11.3 Å². The van der Waals surface area contributed by atoms with Crippen LogP contribution in [0.4, 0.5) is 15.8 Å². The van der Waals surface area contributed by atoms with Gasteiger partial charge in [0.05, 0.1) is 5.92 Å². The fourth-order valence-corrected chi connectivity index (χ4v) is 2.69. The van der Waals surface area contributed by atoms with Gasteiger partial charge in [-0.2, -0.15) is 0 Å². The molecule has 0 spiro atoms. The summed E-state index contributed by atoms with van der Waals surface area (Å²) in [5.74, 6) is -0.483. The van der Waals surface area contributed by atoms with E-state index >= 15 is 0 Å². The van der Waals surface area contributed by atoms with Gasteiger partial charge in [-0.25, -0.2) is 4.39 Å². The zero-order valence-corrected chi connectivity index (χ0v) is 11.8. The molecule has 0 bridgehead atoms. The molecule has 0 saturated carbocycles. The lowest BCUT2D eigenvalue weighted by Crippen LogP contribution is -2.27. The molecule has 1 atom stereocenters. The first-order valence-electron chi connectivity index (χ1n) is 7.05. The highest BCUT2D eigenvalue weighted by atomic mass is 19.1. The summed E-state index contributed by atoms with van der Waals surface area (Å²) in [6.07, 6.45) is 0.753. The van der Waals surface area contributed by atoms with Gasteiger partial charge >= 0.3 is 0 Å². The van der Waals surface area contributed by atoms with Crippen LogP contribution in [-0.2, 0) is 4.79 Å². The third-order valence-corrected chi connectivity index (χ3v) is 3.83. The second kappa shape index (κ2) is 5.56. The first-order chi connectivity index (χ1) is 10.1. The molecule has 0 aliphatic carbocycles. The number of hydrogen-bond donors (Lipinski definition) is 2. The Morgan fingerprint density at radius 2 is 2.10 bits per heavy atom. The Bertz CT molecular complexity index is 684. The van der Waals surface area contributed by atoms with Crippen molar-refractivity contribution in [1.29, 1.82) is 0 Å². The number of anilines is 2. The van der Waals surface area contributed by atoms with Crippen molar-refractivity contribution in [1.82, 2.24) is 0 Å². The number of amides is 1. The smallest absolute Gasteiger partial charge is 0.232 e. The predicted octanol–water partition coefficient (Wildman–Crippen LogP) is 3.67. The van der Waals surface area contributed by atoms with Gasteiger partial charge in [-0.3, -0.25) is 4.79 Å². The summed E-state index contributed by atoms with van der Waals surface area (Å²) in [4.78, 5) is 12.5. The van der Waals surface area contributed by atoms with Crippen LogP contribution in [0.15, 0.2) is 42.5 Å². The van der Waals surface area contributed by atoms with Gasteiger partial charge in [-0.15, -0.1) is 0 Å². The third kappa shape index (κ3) is 2.75. The first-order valence-corrected chi connectivity index (χ1v) is 7.05. The molecule has 4 heteroatoms. The summed E-state index contributed by atoms with van der Waals surface area (Å²) >= 11 is 0. The van der Waals surface area contributed by atoms with Crippen molar-refractivity contribution in [3.05, 3.63) is 59.4 Å². The van der Waals surface area contributed by atoms with Crippen LogP contribution in [-0.4, -0.2) is 12.5 Å². The van der Waals surface area contributed by atoms with Gasteiger partial charge in [-0.1, -0.05) is 18.2 Å². The van der Waals surface area contributed by atoms with E-state index in [1.54, 1.807) is 19.1 Å². The lowest BCUT2D eigenvalue weighted by molar-refractivity contribution is -0.117. The van der Waals surface area contributed by atoms with Crippen molar-refractivity contribution in [3.8, 4) is 0 Å². The lowest BCUT2D eigenvalue weighted by Gasteiger charge is -2.25. The van der Waals surface area contributed by atoms with Crippen molar-refractivity contribution >= 4 is 17.3 Å². The van der Waals surface area contributed by atoms with Gasteiger partial charge < -0.3 is 10.6 Å². The van der Waals surface area contributed by atoms with Gasteiger partial charge in [0.25, 0.3) is 0 Å². The Morgan fingerprint density at radius 1 is 1.29 bits per heavy atom. The molecule has 1 amide bonds. The summed E-state index contributed by atoms with van der Waals surface area (Å²) in [7, 11) is 0. The number of fused-ring (bicyclic) bond motifs is 1. The molecule has 21 heavy (non-hydrogen) atoms. The van der Waals surface area contributed by atoms with E-state index in [1.807, 2.05) is 24.3 Å². The van der Waals surface area contributed by atoms with Crippen LogP contribution in [0, 0.1) is 12.7 Å². The Labute approximate surface area is 123 Å². The second-order valence-electron chi connectivity index (χ2n) is 5.31. The van der Waals surface area contributed by atoms with E-state index in [4.69, 9.17) is 0 Å². The lowest BCUT2D eigenvalue weighted by atomic mass is 9.90. The molecule has 108 valence electrons. The molecule has 2 aromatic carbocycles. The van der Waals surface area contributed by atoms with Crippen LogP contribution in [0.2, 0.25) is 0 Å². The van der Waals surface area contributed by atoms with Crippen molar-refractivity contribution < 1.29 is 9.18 Å². The number of halogens is 1. The minimum Gasteiger partial charge on any atom is -0.385 e. The maximum Gasteiger partial charge on any atom is 0.232 e. The molecule has 1 heterocycles. The zero-order chi connectivity index (χ0) is 14.8. The molecule has 0 saturated heterocycles. The highest BCUT2D eigenvalue weighted by molar-refractivity contribution is 5.97. The maximum absolute atomic E-state index is 13.3. The summed E-state index contributed by atoms with van der Waals surface area (Å²) in [6.45, 7) is 2.46. The molecule has 2 aromatic rings. The Morgan fingerprint density at radius 3 is 2.90 bits per heavy atom. The fourth-order valence-electron chi connectivity index (χ4n) is 2.69. The van der Waals surface area contributed by atoms with Crippen LogP contribution in [0.3, 0.4) is 0 Å². The maximum atomic E-state index is 13.3. The van der Waals surface area contributed by atoms with Crippen molar-refractivity contribution in [3.63, 3.8) is 0 Å². The number of para-hydroxylation sites is 1. The van der Waals surface area contributed by atoms with E-state index in [9.17, 15) is 9.18 Å². The monoisotopic (exact) mass is 284 g/mol. The number of benzene rings is 2. The Balaban J connectivity index is 1.81. The third-order valence-electron chi connectivity index (χ3n) is 3.83. The normalized spacial score (nSPS) is 16.8. The van der Waals surface area contributed by atoms with Crippen molar-refractivity contribution in [2.24, 2.45) is 0 Å². The first kappa shape index (κ1) is 13.6. The van der Waals surface area contributed by atoms with Crippen LogP contribution >= 0.6 is 0 Å². The van der Waals surface area contributed by atoms with E-state index in [2.05, 4.69) is 10.6 Å². The Kier molecular flexibility index (Phi) is 3.60. The van der Waals surface area contributed by atoms with Gasteiger partial charge in [0.15, 0.2) is 0 Å². The van der Waals surface area contributed by atoms with Crippen LogP contribution in [0.1, 0.15) is 23.5 Å². The predicted molar refractivity (Wildman–Crippen MR) is 82.1 cm³/mol. The highest BCUT2D eigenvalue weighted by Gasteiger charge is 2.26. The molecule has 0 radical (unpaired) electrons. The molecule has 1 unspecified atom stereocenters. The SMILES string of the molecule is Cc1cc(NC(=O)C2CCNc3ccccc32)ccc1F. The second-order valence-corrected chi connectivity index (χ2v) is 5.31. The summed E-state index contributed by atoms with van der Waals surface area (Å²) in [5.41, 5.74) is 3.19. The molecule has 1 aliphatic rings. The number of carbonyl (C=O) groups excluding carboxylic acids is 1. The van der Waals surface area contributed by atoms with E-state index in [0.717, 1.165) is 24.2 Å².